The average Bonchev–Trinajstić information content (AvgIpc) is 2.95. The van der Waals surface area contributed by atoms with E-state index in [0.29, 0.717) is 29.3 Å². The van der Waals surface area contributed by atoms with Crippen LogP contribution in [-0.4, -0.2) is 39.0 Å². The van der Waals surface area contributed by atoms with Crippen LogP contribution in [0.3, 0.4) is 0 Å². The molecule has 0 aliphatic carbocycles. The van der Waals surface area contributed by atoms with E-state index in [2.05, 4.69) is 20.6 Å². The Labute approximate surface area is 128 Å². The number of nitro groups is 1. The molecule has 1 aliphatic heterocycles. The van der Waals surface area contributed by atoms with E-state index in [1.165, 1.54) is 12.2 Å². The lowest BCUT2D eigenvalue weighted by atomic mass is 10.2. The molecule has 1 saturated heterocycles. The highest BCUT2D eigenvalue weighted by molar-refractivity contribution is 8.00. The van der Waals surface area contributed by atoms with Gasteiger partial charge in [0.2, 0.25) is 11.8 Å². The van der Waals surface area contributed by atoms with E-state index in [0.717, 1.165) is 19.4 Å². The van der Waals surface area contributed by atoms with Gasteiger partial charge in [0, 0.05) is 18.3 Å². The van der Waals surface area contributed by atoms with Gasteiger partial charge < -0.3 is 10.6 Å². The van der Waals surface area contributed by atoms with Crippen molar-refractivity contribution in [2.75, 3.05) is 29.5 Å². The van der Waals surface area contributed by atoms with Crippen LogP contribution in [0, 0.1) is 17.0 Å². The van der Waals surface area contributed by atoms with Crippen molar-refractivity contribution in [3.05, 3.63) is 15.8 Å². The van der Waals surface area contributed by atoms with E-state index in [-0.39, 0.29) is 5.69 Å². The summed E-state index contributed by atoms with van der Waals surface area (Å²) in [5.41, 5.74) is 0.357. The second-order valence-corrected chi connectivity index (χ2v) is 6.44. The van der Waals surface area contributed by atoms with Gasteiger partial charge in [-0.2, -0.15) is 16.7 Å². The number of anilines is 2. The molecule has 0 radical (unpaired) electrons. The first-order valence-corrected chi connectivity index (χ1v) is 8.29. The molecule has 0 aromatic carbocycles. The zero-order valence-corrected chi connectivity index (χ0v) is 13.2. The molecule has 0 amide bonds. The standard InChI is InChI=1S/C13H21N5O2S/c1-3-6-14-13-16-9(2)11(18(19)20)12(17-13)15-8-10-5-4-7-21-10/h10H,3-8H2,1-2H3,(H2,14,15,16,17). The molecule has 1 fully saturated rings. The third kappa shape index (κ3) is 4.20. The van der Waals surface area contributed by atoms with E-state index in [1.54, 1.807) is 6.92 Å². The summed E-state index contributed by atoms with van der Waals surface area (Å²) in [4.78, 5) is 19.2. The van der Waals surface area contributed by atoms with E-state index < -0.39 is 4.92 Å². The highest BCUT2D eigenvalue weighted by Crippen LogP contribution is 2.29. The summed E-state index contributed by atoms with van der Waals surface area (Å²) in [6, 6.07) is 0. The van der Waals surface area contributed by atoms with Crippen LogP contribution in [0.25, 0.3) is 0 Å². The summed E-state index contributed by atoms with van der Waals surface area (Å²) in [5, 5.41) is 18.0. The Morgan fingerprint density at radius 3 is 2.86 bits per heavy atom. The quantitative estimate of drug-likeness (QED) is 0.590. The number of hydrogen-bond donors (Lipinski definition) is 2. The van der Waals surface area contributed by atoms with Gasteiger partial charge in [-0.1, -0.05) is 6.92 Å². The van der Waals surface area contributed by atoms with Crippen molar-refractivity contribution >= 4 is 29.2 Å². The summed E-state index contributed by atoms with van der Waals surface area (Å²) >= 11 is 1.91. The third-order valence-corrected chi connectivity index (χ3v) is 4.69. The Bertz CT molecular complexity index is 506. The van der Waals surface area contributed by atoms with Crippen LogP contribution in [-0.2, 0) is 0 Å². The molecular formula is C13H21N5O2S. The Balaban J connectivity index is 2.17. The van der Waals surface area contributed by atoms with Gasteiger partial charge in [0.25, 0.3) is 0 Å². The molecule has 2 heterocycles. The first kappa shape index (κ1) is 15.8. The van der Waals surface area contributed by atoms with Crippen molar-refractivity contribution in [3.8, 4) is 0 Å². The molecule has 1 atom stereocenters. The summed E-state index contributed by atoms with van der Waals surface area (Å²) in [6.45, 7) is 5.14. The fourth-order valence-corrected chi connectivity index (χ4v) is 3.44. The lowest BCUT2D eigenvalue weighted by Gasteiger charge is -2.13. The molecule has 8 heteroatoms. The largest absolute Gasteiger partial charge is 0.363 e. The van der Waals surface area contributed by atoms with Crippen LogP contribution >= 0.6 is 11.8 Å². The molecule has 1 unspecified atom stereocenters. The zero-order chi connectivity index (χ0) is 15.2. The number of hydrogen-bond acceptors (Lipinski definition) is 7. The van der Waals surface area contributed by atoms with Crippen molar-refractivity contribution in [2.24, 2.45) is 0 Å². The van der Waals surface area contributed by atoms with Crippen molar-refractivity contribution in [1.29, 1.82) is 0 Å². The number of aromatic nitrogens is 2. The highest BCUT2D eigenvalue weighted by atomic mass is 32.2. The van der Waals surface area contributed by atoms with Gasteiger partial charge in [0.15, 0.2) is 0 Å². The van der Waals surface area contributed by atoms with Crippen molar-refractivity contribution < 1.29 is 4.92 Å². The summed E-state index contributed by atoms with van der Waals surface area (Å²) in [6.07, 6.45) is 3.31. The van der Waals surface area contributed by atoms with Gasteiger partial charge >= 0.3 is 5.69 Å². The SMILES string of the molecule is CCCNc1nc(C)c([N+](=O)[O-])c(NCC2CCCS2)n1. The Kier molecular flexibility index (Phi) is 5.60. The average molecular weight is 311 g/mol. The molecular weight excluding hydrogens is 290 g/mol. The molecule has 2 rings (SSSR count). The minimum absolute atomic E-state index is 0.0277. The zero-order valence-electron chi connectivity index (χ0n) is 12.4. The maximum Gasteiger partial charge on any atom is 0.332 e. The minimum atomic E-state index is -0.414. The number of rotatable bonds is 7. The molecule has 0 spiro atoms. The second kappa shape index (κ2) is 7.44. The molecule has 1 aromatic rings. The van der Waals surface area contributed by atoms with Gasteiger partial charge in [-0.05, 0) is 31.9 Å². The topological polar surface area (TPSA) is 93.0 Å². The van der Waals surface area contributed by atoms with Crippen LogP contribution < -0.4 is 10.6 Å². The predicted molar refractivity (Wildman–Crippen MR) is 86.2 cm³/mol. The first-order valence-electron chi connectivity index (χ1n) is 7.24. The fraction of sp³-hybridized carbons (Fsp3) is 0.692. The summed E-state index contributed by atoms with van der Waals surface area (Å²) in [7, 11) is 0. The smallest absolute Gasteiger partial charge is 0.332 e. The number of thioether (sulfide) groups is 1. The van der Waals surface area contributed by atoms with Crippen LogP contribution in [0.4, 0.5) is 17.5 Å². The van der Waals surface area contributed by atoms with Crippen LogP contribution in [0.1, 0.15) is 31.9 Å². The molecule has 0 bridgehead atoms. The van der Waals surface area contributed by atoms with Gasteiger partial charge in [-0.15, -0.1) is 0 Å². The van der Waals surface area contributed by atoms with Crippen molar-refractivity contribution in [3.63, 3.8) is 0 Å². The lowest BCUT2D eigenvalue weighted by molar-refractivity contribution is -0.385. The number of nitrogens with one attached hydrogen (secondary N) is 2. The molecule has 21 heavy (non-hydrogen) atoms. The van der Waals surface area contributed by atoms with Crippen LogP contribution in [0.15, 0.2) is 0 Å². The fourth-order valence-electron chi connectivity index (χ4n) is 2.24. The van der Waals surface area contributed by atoms with Gasteiger partial charge in [0.1, 0.15) is 5.69 Å². The van der Waals surface area contributed by atoms with Gasteiger partial charge in [0.05, 0.1) is 4.92 Å². The maximum absolute atomic E-state index is 11.2. The Morgan fingerprint density at radius 1 is 1.43 bits per heavy atom. The molecule has 1 aliphatic rings. The molecule has 7 nitrogen and oxygen atoms in total. The Hall–Kier alpha value is -1.57. The molecule has 1 aromatic heterocycles. The third-order valence-electron chi connectivity index (χ3n) is 3.30. The van der Waals surface area contributed by atoms with Gasteiger partial charge in [-0.3, -0.25) is 10.1 Å². The Morgan fingerprint density at radius 2 is 2.24 bits per heavy atom. The van der Waals surface area contributed by atoms with E-state index in [9.17, 15) is 10.1 Å². The monoisotopic (exact) mass is 311 g/mol. The van der Waals surface area contributed by atoms with Crippen molar-refractivity contribution in [1.82, 2.24) is 9.97 Å². The molecule has 116 valence electrons. The van der Waals surface area contributed by atoms with E-state index in [4.69, 9.17) is 0 Å². The minimum Gasteiger partial charge on any atom is -0.363 e. The van der Waals surface area contributed by atoms with Crippen LogP contribution in [0.5, 0.6) is 0 Å². The highest BCUT2D eigenvalue weighted by Gasteiger charge is 2.23. The lowest BCUT2D eigenvalue weighted by Crippen LogP contribution is -2.17. The number of nitrogens with zero attached hydrogens (tertiary/aromatic N) is 3. The van der Waals surface area contributed by atoms with Gasteiger partial charge in [-0.25, -0.2) is 4.98 Å². The number of aryl methyl sites for hydroxylation is 1. The summed E-state index contributed by atoms with van der Waals surface area (Å²) < 4.78 is 0. The van der Waals surface area contributed by atoms with Crippen molar-refractivity contribution in [2.45, 2.75) is 38.4 Å². The van der Waals surface area contributed by atoms with Crippen LogP contribution in [0.2, 0.25) is 0 Å². The maximum atomic E-state index is 11.2. The molecule has 0 saturated carbocycles. The first-order chi connectivity index (χ1) is 10.1. The summed E-state index contributed by atoms with van der Waals surface area (Å²) in [5.74, 6) is 1.93. The molecule has 2 N–H and O–H groups in total. The van der Waals surface area contributed by atoms with E-state index >= 15 is 0 Å². The normalized spacial score (nSPS) is 17.7. The predicted octanol–water partition coefficient (Wildman–Crippen LogP) is 2.82. The van der Waals surface area contributed by atoms with E-state index in [1.807, 2.05) is 18.7 Å². The second-order valence-electron chi connectivity index (χ2n) is 5.03.